The van der Waals surface area contributed by atoms with Crippen LogP contribution in [0.2, 0.25) is 0 Å². The highest BCUT2D eigenvalue weighted by atomic mass is 32.2. The summed E-state index contributed by atoms with van der Waals surface area (Å²) >= 11 is 1.45. The third kappa shape index (κ3) is 4.57. The molecule has 3 rings (SSSR count). The summed E-state index contributed by atoms with van der Waals surface area (Å²) in [7, 11) is 4.02. The standard InChI is InChI=1S/C21H24N4OS/c1-15-7-5-6-8-18(15)14-25-20(26)16(2)27-21(25)23-22-13-17-9-11-19(12-10-17)24(3)4/h5-13,16H,14H2,1-4H3/b22-13-,23-21-/t16-/m1/s1. The molecule has 0 aromatic heterocycles. The van der Waals surface area contributed by atoms with Crippen molar-refractivity contribution in [1.82, 2.24) is 4.90 Å². The molecule has 0 bridgehead atoms. The van der Waals surface area contributed by atoms with E-state index in [4.69, 9.17) is 0 Å². The molecule has 1 atom stereocenters. The molecule has 1 heterocycles. The van der Waals surface area contributed by atoms with Gasteiger partial charge in [-0.1, -0.05) is 48.2 Å². The van der Waals surface area contributed by atoms with Crippen molar-refractivity contribution in [3.8, 4) is 0 Å². The summed E-state index contributed by atoms with van der Waals surface area (Å²) in [6, 6.07) is 16.2. The maximum Gasteiger partial charge on any atom is 0.242 e. The van der Waals surface area contributed by atoms with Gasteiger partial charge in [0.25, 0.3) is 0 Å². The summed E-state index contributed by atoms with van der Waals surface area (Å²) in [6.45, 7) is 4.48. The van der Waals surface area contributed by atoms with Crippen LogP contribution in [0.4, 0.5) is 5.69 Å². The van der Waals surface area contributed by atoms with Crippen LogP contribution in [0.15, 0.2) is 58.7 Å². The third-order valence-electron chi connectivity index (χ3n) is 4.48. The van der Waals surface area contributed by atoms with E-state index in [1.54, 1.807) is 11.1 Å². The zero-order valence-corrected chi connectivity index (χ0v) is 16.9. The molecule has 6 heteroatoms. The molecule has 0 saturated carbocycles. The summed E-state index contributed by atoms with van der Waals surface area (Å²) in [5, 5.41) is 9.06. The van der Waals surface area contributed by atoms with E-state index in [-0.39, 0.29) is 11.2 Å². The van der Waals surface area contributed by atoms with Crippen molar-refractivity contribution in [3.63, 3.8) is 0 Å². The van der Waals surface area contributed by atoms with Crippen molar-refractivity contribution < 1.29 is 4.79 Å². The van der Waals surface area contributed by atoms with E-state index in [1.165, 1.54) is 17.3 Å². The quantitative estimate of drug-likeness (QED) is 0.584. The number of anilines is 1. The number of hydrogen-bond acceptors (Lipinski definition) is 5. The van der Waals surface area contributed by atoms with Crippen molar-refractivity contribution in [1.29, 1.82) is 0 Å². The second-order valence-electron chi connectivity index (χ2n) is 6.72. The predicted octanol–water partition coefficient (Wildman–Crippen LogP) is 3.92. The Balaban J connectivity index is 1.76. The van der Waals surface area contributed by atoms with Gasteiger partial charge in [-0.3, -0.25) is 9.69 Å². The molecule has 1 fully saturated rings. The van der Waals surface area contributed by atoms with E-state index in [9.17, 15) is 4.79 Å². The van der Waals surface area contributed by atoms with Gasteiger partial charge in [0, 0.05) is 19.8 Å². The van der Waals surface area contributed by atoms with Crippen LogP contribution in [0, 0.1) is 6.92 Å². The number of thioether (sulfide) groups is 1. The number of aryl methyl sites for hydroxylation is 1. The predicted molar refractivity (Wildman–Crippen MR) is 115 cm³/mol. The summed E-state index contributed by atoms with van der Waals surface area (Å²) in [4.78, 5) is 16.3. The van der Waals surface area contributed by atoms with Gasteiger partial charge in [-0.15, -0.1) is 5.10 Å². The lowest BCUT2D eigenvalue weighted by Crippen LogP contribution is -2.31. The molecule has 2 aromatic carbocycles. The first kappa shape index (κ1) is 19.2. The van der Waals surface area contributed by atoms with E-state index in [2.05, 4.69) is 23.2 Å². The van der Waals surface area contributed by atoms with Crippen LogP contribution in [-0.4, -0.2) is 41.5 Å². The van der Waals surface area contributed by atoms with Gasteiger partial charge >= 0.3 is 0 Å². The Morgan fingerprint density at radius 2 is 1.85 bits per heavy atom. The Hall–Kier alpha value is -2.60. The summed E-state index contributed by atoms with van der Waals surface area (Å²) in [5.74, 6) is 0.0764. The Labute approximate surface area is 164 Å². The largest absolute Gasteiger partial charge is 0.378 e. The highest BCUT2D eigenvalue weighted by molar-refractivity contribution is 8.15. The number of carbonyl (C=O) groups excluding carboxylic acids is 1. The third-order valence-corrected chi connectivity index (χ3v) is 5.54. The molecule has 27 heavy (non-hydrogen) atoms. The second kappa shape index (κ2) is 8.39. The fraction of sp³-hybridized carbons (Fsp3) is 0.286. The fourth-order valence-electron chi connectivity index (χ4n) is 2.77. The molecule has 0 spiro atoms. The first-order valence-corrected chi connectivity index (χ1v) is 9.74. The molecule has 0 unspecified atom stereocenters. The number of benzene rings is 2. The number of amidine groups is 1. The highest BCUT2D eigenvalue weighted by Gasteiger charge is 2.35. The zero-order valence-electron chi connectivity index (χ0n) is 16.1. The average molecular weight is 381 g/mol. The average Bonchev–Trinajstić information content (AvgIpc) is 2.91. The van der Waals surface area contributed by atoms with Crippen LogP contribution in [0.3, 0.4) is 0 Å². The highest BCUT2D eigenvalue weighted by Crippen LogP contribution is 2.29. The van der Waals surface area contributed by atoms with E-state index in [0.717, 1.165) is 16.8 Å². The zero-order chi connectivity index (χ0) is 19.4. The molecule has 5 nitrogen and oxygen atoms in total. The van der Waals surface area contributed by atoms with Gasteiger partial charge in [0.15, 0.2) is 5.17 Å². The molecule has 0 aliphatic carbocycles. The van der Waals surface area contributed by atoms with E-state index < -0.39 is 0 Å². The van der Waals surface area contributed by atoms with Crippen molar-refractivity contribution >= 4 is 34.7 Å². The van der Waals surface area contributed by atoms with Crippen LogP contribution in [0.1, 0.15) is 23.6 Å². The smallest absolute Gasteiger partial charge is 0.242 e. The van der Waals surface area contributed by atoms with E-state index in [1.807, 2.05) is 68.4 Å². The van der Waals surface area contributed by atoms with Gasteiger partial charge < -0.3 is 4.90 Å². The lowest BCUT2D eigenvalue weighted by molar-refractivity contribution is -0.126. The van der Waals surface area contributed by atoms with Gasteiger partial charge in [-0.25, -0.2) is 0 Å². The van der Waals surface area contributed by atoms with Gasteiger partial charge in [0.1, 0.15) is 0 Å². The topological polar surface area (TPSA) is 48.3 Å². The summed E-state index contributed by atoms with van der Waals surface area (Å²) in [5.41, 5.74) is 4.39. The number of nitrogens with zero attached hydrogens (tertiary/aromatic N) is 4. The van der Waals surface area contributed by atoms with Crippen molar-refractivity contribution in [2.24, 2.45) is 10.2 Å². The Kier molecular flexibility index (Phi) is 5.96. The van der Waals surface area contributed by atoms with Gasteiger partial charge in [-0.05, 0) is 42.7 Å². The minimum atomic E-state index is -0.137. The van der Waals surface area contributed by atoms with E-state index >= 15 is 0 Å². The molecule has 1 aliphatic rings. The van der Waals surface area contributed by atoms with Crippen LogP contribution >= 0.6 is 11.8 Å². The van der Waals surface area contributed by atoms with Crippen LogP contribution in [-0.2, 0) is 11.3 Å². The van der Waals surface area contributed by atoms with Gasteiger partial charge in [0.05, 0.1) is 18.0 Å². The molecule has 2 aromatic rings. The first-order chi connectivity index (χ1) is 13.0. The molecule has 0 radical (unpaired) electrons. The first-order valence-electron chi connectivity index (χ1n) is 8.86. The Morgan fingerprint density at radius 3 is 2.52 bits per heavy atom. The van der Waals surface area contributed by atoms with E-state index in [0.29, 0.717) is 11.7 Å². The maximum absolute atomic E-state index is 12.5. The summed E-state index contributed by atoms with van der Waals surface area (Å²) in [6.07, 6.45) is 1.71. The van der Waals surface area contributed by atoms with Gasteiger partial charge in [0.2, 0.25) is 5.91 Å². The van der Waals surface area contributed by atoms with Crippen molar-refractivity contribution in [2.75, 3.05) is 19.0 Å². The number of carbonyl (C=O) groups is 1. The monoisotopic (exact) mass is 380 g/mol. The molecule has 140 valence electrons. The molecular formula is C21H24N4OS. The molecule has 0 N–H and O–H groups in total. The maximum atomic E-state index is 12.5. The fourth-order valence-corrected chi connectivity index (χ4v) is 3.69. The number of hydrogen-bond donors (Lipinski definition) is 0. The Morgan fingerprint density at radius 1 is 1.15 bits per heavy atom. The molecule has 1 amide bonds. The SMILES string of the molecule is Cc1ccccc1CN1C(=O)[C@@H](C)S/C1=N\N=C/c1ccc(N(C)C)cc1. The molecule has 1 saturated heterocycles. The molecular weight excluding hydrogens is 356 g/mol. The Bertz CT molecular complexity index is 874. The minimum Gasteiger partial charge on any atom is -0.378 e. The lowest BCUT2D eigenvalue weighted by atomic mass is 10.1. The number of rotatable bonds is 5. The van der Waals surface area contributed by atoms with Crippen LogP contribution < -0.4 is 4.90 Å². The van der Waals surface area contributed by atoms with Crippen molar-refractivity contribution in [2.45, 2.75) is 25.6 Å². The van der Waals surface area contributed by atoms with Crippen LogP contribution in [0.25, 0.3) is 0 Å². The minimum absolute atomic E-state index is 0.0764. The van der Waals surface area contributed by atoms with Gasteiger partial charge in [-0.2, -0.15) is 5.10 Å². The lowest BCUT2D eigenvalue weighted by Gasteiger charge is -2.16. The second-order valence-corrected chi connectivity index (χ2v) is 8.03. The summed E-state index contributed by atoms with van der Waals surface area (Å²) < 4.78 is 0. The van der Waals surface area contributed by atoms with Crippen LogP contribution in [0.5, 0.6) is 0 Å². The van der Waals surface area contributed by atoms with Crippen molar-refractivity contribution in [3.05, 3.63) is 65.2 Å². The normalized spacial score (nSPS) is 18.7. The molecule has 1 aliphatic heterocycles. The number of amides is 1.